The van der Waals surface area contributed by atoms with Gasteiger partial charge in [0.15, 0.2) is 0 Å². The molecule has 0 spiro atoms. The first-order valence-corrected chi connectivity index (χ1v) is 6.64. The molecule has 1 heterocycles. The Labute approximate surface area is 106 Å². The summed E-state index contributed by atoms with van der Waals surface area (Å²) in [5.41, 5.74) is 1.69. The Kier molecular flexibility index (Phi) is 3.84. The average Bonchev–Trinajstić information content (AvgIpc) is 2.79. The minimum absolute atomic E-state index is 0.0767. The van der Waals surface area contributed by atoms with Gasteiger partial charge in [0.1, 0.15) is 5.56 Å². The minimum atomic E-state index is -1.11. The van der Waals surface area contributed by atoms with Crippen LogP contribution in [0.25, 0.3) is 0 Å². The molecule has 0 aliphatic heterocycles. The molecule has 0 radical (unpaired) electrons. The van der Waals surface area contributed by atoms with E-state index in [1.807, 2.05) is 0 Å². The van der Waals surface area contributed by atoms with Gasteiger partial charge in [-0.1, -0.05) is 19.8 Å². The summed E-state index contributed by atoms with van der Waals surface area (Å²) in [6.07, 6.45) is 5.91. The van der Waals surface area contributed by atoms with Crippen molar-refractivity contribution in [1.29, 1.82) is 0 Å². The van der Waals surface area contributed by atoms with E-state index in [4.69, 9.17) is 5.11 Å². The number of aryl methyl sites for hydroxylation is 1. The Morgan fingerprint density at radius 2 is 2.17 bits per heavy atom. The van der Waals surface area contributed by atoms with Crippen molar-refractivity contribution in [2.45, 2.75) is 52.0 Å². The molecule has 2 rings (SSSR count). The van der Waals surface area contributed by atoms with Crippen LogP contribution in [0.1, 0.15) is 54.2 Å². The van der Waals surface area contributed by atoms with E-state index in [0.717, 1.165) is 49.8 Å². The molecule has 4 nitrogen and oxygen atoms in total. The molecular weight excluding hydrogens is 230 g/mol. The molecule has 0 atom stereocenters. The van der Waals surface area contributed by atoms with Gasteiger partial charge in [-0.15, -0.1) is 0 Å². The highest BCUT2D eigenvalue weighted by Crippen LogP contribution is 2.21. The molecule has 1 aromatic rings. The molecule has 1 aliphatic carbocycles. The summed E-state index contributed by atoms with van der Waals surface area (Å²) in [5, 5.41) is 9.08. The lowest BCUT2D eigenvalue weighted by molar-refractivity contribution is 0.0694. The summed E-state index contributed by atoms with van der Waals surface area (Å²) >= 11 is 0. The quantitative estimate of drug-likeness (QED) is 0.814. The second-order valence-corrected chi connectivity index (χ2v) is 4.85. The monoisotopic (exact) mass is 249 g/mol. The molecule has 0 aromatic carbocycles. The zero-order chi connectivity index (χ0) is 13.1. The van der Waals surface area contributed by atoms with Crippen molar-refractivity contribution < 1.29 is 9.90 Å². The van der Waals surface area contributed by atoms with Crippen molar-refractivity contribution in [2.24, 2.45) is 0 Å². The molecule has 1 N–H and O–H groups in total. The maximum atomic E-state index is 12.1. The summed E-state index contributed by atoms with van der Waals surface area (Å²) in [7, 11) is 0. The van der Waals surface area contributed by atoms with E-state index in [0.29, 0.717) is 6.54 Å². The fraction of sp³-hybridized carbons (Fsp3) is 0.571. The zero-order valence-electron chi connectivity index (χ0n) is 10.7. The van der Waals surface area contributed by atoms with Crippen LogP contribution in [0.3, 0.4) is 0 Å². The smallest absolute Gasteiger partial charge is 0.341 e. The van der Waals surface area contributed by atoms with Crippen LogP contribution in [0.2, 0.25) is 0 Å². The molecule has 18 heavy (non-hydrogen) atoms. The fourth-order valence-corrected chi connectivity index (χ4v) is 2.63. The van der Waals surface area contributed by atoms with E-state index >= 15 is 0 Å². The second kappa shape index (κ2) is 5.38. The Hall–Kier alpha value is -1.58. The van der Waals surface area contributed by atoms with E-state index in [2.05, 4.69) is 6.92 Å². The summed E-state index contributed by atoms with van der Waals surface area (Å²) in [6, 6.07) is 1.57. The largest absolute Gasteiger partial charge is 0.477 e. The van der Waals surface area contributed by atoms with Gasteiger partial charge in [0.25, 0.3) is 5.56 Å². The Bertz CT molecular complexity index is 517. The van der Waals surface area contributed by atoms with Crippen LogP contribution in [-0.4, -0.2) is 15.6 Å². The predicted octanol–water partition coefficient (Wildman–Crippen LogP) is 2.23. The van der Waals surface area contributed by atoms with Crippen LogP contribution in [-0.2, 0) is 19.4 Å². The van der Waals surface area contributed by atoms with E-state index in [-0.39, 0.29) is 11.1 Å². The van der Waals surface area contributed by atoms with Crippen molar-refractivity contribution >= 4 is 5.97 Å². The van der Waals surface area contributed by atoms with Crippen LogP contribution in [0.15, 0.2) is 10.9 Å². The van der Waals surface area contributed by atoms with Crippen LogP contribution in [0.4, 0.5) is 0 Å². The molecule has 0 bridgehead atoms. The molecule has 0 saturated heterocycles. The maximum absolute atomic E-state index is 12.1. The number of carboxylic acids is 1. The van der Waals surface area contributed by atoms with Crippen LogP contribution in [0.5, 0.6) is 0 Å². The van der Waals surface area contributed by atoms with Crippen molar-refractivity contribution in [3.8, 4) is 0 Å². The number of aromatic carboxylic acids is 1. The minimum Gasteiger partial charge on any atom is -0.477 e. The van der Waals surface area contributed by atoms with E-state index in [1.54, 1.807) is 10.6 Å². The standard InChI is InChI=1S/C14H19NO3/c1-2-3-4-8-15-12-7-5-6-10(12)9-11(13(15)16)14(17)18/h9H,2-8H2,1H3,(H,17,18). The Balaban J connectivity index is 2.42. The van der Waals surface area contributed by atoms with Gasteiger partial charge < -0.3 is 9.67 Å². The first-order valence-electron chi connectivity index (χ1n) is 6.64. The number of carbonyl (C=O) groups is 1. The van der Waals surface area contributed by atoms with Crippen molar-refractivity contribution in [3.63, 3.8) is 0 Å². The van der Waals surface area contributed by atoms with Gasteiger partial charge in [0.05, 0.1) is 0 Å². The summed E-state index contributed by atoms with van der Waals surface area (Å²) < 4.78 is 1.70. The number of nitrogens with zero attached hydrogens (tertiary/aromatic N) is 1. The van der Waals surface area contributed by atoms with Gasteiger partial charge in [0, 0.05) is 12.2 Å². The first kappa shape index (κ1) is 12.9. The SMILES string of the molecule is CCCCCn1c2c(cc(C(=O)O)c1=O)CCC2. The van der Waals surface area contributed by atoms with Crippen LogP contribution >= 0.6 is 0 Å². The van der Waals surface area contributed by atoms with Gasteiger partial charge in [-0.2, -0.15) is 0 Å². The van der Waals surface area contributed by atoms with Gasteiger partial charge in [-0.05, 0) is 37.3 Å². The molecular formula is C14H19NO3. The average molecular weight is 249 g/mol. The third-order valence-corrected chi connectivity index (χ3v) is 3.57. The molecule has 0 amide bonds. The summed E-state index contributed by atoms with van der Waals surface area (Å²) in [6.45, 7) is 2.76. The van der Waals surface area contributed by atoms with Gasteiger partial charge in [0.2, 0.25) is 0 Å². The Morgan fingerprint density at radius 1 is 1.39 bits per heavy atom. The lowest BCUT2D eigenvalue weighted by Crippen LogP contribution is -2.29. The molecule has 1 aliphatic rings. The van der Waals surface area contributed by atoms with E-state index in [1.165, 1.54) is 0 Å². The van der Waals surface area contributed by atoms with Crippen molar-refractivity contribution in [3.05, 3.63) is 33.2 Å². The lowest BCUT2D eigenvalue weighted by atomic mass is 10.1. The van der Waals surface area contributed by atoms with Gasteiger partial charge in [-0.3, -0.25) is 4.79 Å². The third kappa shape index (κ3) is 2.33. The number of hydrogen-bond donors (Lipinski definition) is 1. The number of hydrogen-bond acceptors (Lipinski definition) is 2. The Morgan fingerprint density at radius 3 is 2.83 bits per heavy atom. The van der Waals surface area contributed by atoms with Crippen molar-refractivity contribution in [2.75, 3.05) is 0 Å². The van der Waals surface area contributed by atoms with E-state index in [9.17, 15) is 9.59 Å². The fourth-order valence-electron chi connectivity index (χ4n) is 2.63. The third-order valence-electron chi connectivity index (χ3n) is 3.57. The number of fused-ring (bicyclic) bond motifs is 1. The highest BCUT2D eigenvalue weighted by molar-refractivity contribution is 5.87. The number of aromatic nitrogens is 1. The molecule has 98 valence electrons. The lowest BCUT2D eigenvalue weighted by Gasteiger charge is -2.13. The van der Waals surface area contributed by atoms with Crippen LogP contribution in [0, 0.1) is 0 Å². The van der Waals surface area contributed by atoms with Crippen LogP contribution < -0.4 is 5.56 Å². The number of carboxylic acid groups (broad SMARTS) is 1. The molecule has 0 saturated carbocycles. The number of rotatable bonds is 5. The van der Waals surface area contributed by atoms with Crippen molar-refractivity contribution in [1.82, 2.24) is 4.57 Å². The zero-order valence-corrected chi connectivity index (χ0v) is 10.7. The molecule has 0 fully saturated rings. The second-order valence-electron chi connectivity index (χ2n) is 4.85. The molecule has 4 heteroatoms. The number of unbranched alkanes of at least 4 members (excludes halogenated alkanes) is 2. The van der Waals surface area contributed by atoms with Gasteiger partial charge >= 0.3 is 5.97 Å². The van der Waals surface area contributed by atoms with E-state index < -0.39 is 5.97 Å². The first-order chi connectivity index (χ1) is 8.65. The highest BCUT2D eigenvalue weighted by Gasteiger charge is 2.21. The molecule has 0 unspecified atom stereocenters. The number of pyridine rings is 1. The highest BCUT2D eigenvalue weighted by atomic mass is 16.4. The summed E-state index contributed by atoms with van der Waals surface area (Å²) in [4.78, 5) is 23.2. The predicted molar refractivity (Wildman–Crippen MR) is 69.2 cm³/mol. The normalized spacial score (nSPS) is 13.6. The molecule has 1 aromatic heterocycles. The maximum Gasteiger partial charge on any atom is 0.341 e. The topological polar surface area (TPSA) is 59.3 Å². The van der Waals surface area contributed by atoms with Gasteiger partial charge in [-0.25, -0.2) is 4.79 Å². The summed E-state index contributed by atoms with van der Waals surface area (Å²) in [5.74, 6) is -1.11.